The minimum atomic E-state index is -0.808. The zero-order valence-corrected chi connectivity index (χ0v) is 11.9. The number of benzene rings is 1. The van der Waals surface area contributed by atoms with Crippen LogP contribution >= 0.6 is 0 Å². The van der Waals surface area contributed by atoms with E-state index in [1.54, 1.807) is 7.11 Å². The normalized spacial score (nSPS) is 10.6. The van der Waals surface area contributed by atoms with Crippen LogP contribution in [0.2, 0.25) is 0 Å². The SMILES string of the molecule is COc1cc(C)c(-c2cc(CCC(=O)O)[nH]n2)cc1C. The van der Waals surface area contributed by atoms with Gasteiger partial charge in [0, 0.05) is 11.3 Å². The molecule has 0 spiro atoms. The maximum Gasteiger partial charge on any atom is 0.303 e. The van der Waals surface area contributed by atoms with E-state index >= 15 is 0 Å². The topological polar surface area (TPSA) is 75.2 Å². The van der Waals surface area contributed by atoms with Crippen LogP contribution in [0.1, 0.15) is 23.2 Å². The third kappa shape index (κ3) is 2.99. The van der Waals surface area contributed by atoms with Gasteiger partial charge >= 0.3 is 5.97 Å². The van der Waals surface area contributed by atoms with Gasteiger partial charge in [-0.2, -0.15) is 5.10 Å². The molecular weight excluding hydrogens is 256 g/mol. The molecule has 2 aromatic rings. The first-order valence-electron chi connectivity index (χ1n) is 6.43. The van der Waals surface area contributed by atoms with Gasteiger partial charge in [0.15, 0.2) is 0 Å². The van der Waals surface area contributed by atoms with Crippen LogP contribution in [0, 0.1) is 13.8 Å². The lowest BCUT2D eigenvalue weighted by Gasteiger charge is -2.09. The molecule has 0 saturated carbocycles. The van der Waals surface area contributed by atoms with Crippen molar-refractivity contribution >= 4 is 5.97 Å². The van der Waals surface area contributed by atoms with E-state index < -0.39 is 5.97 Å². The van der Waals surface area contributed by atoms with Crippen LogP contribution in [0.4, 0.5) is 0 Å². The highest BCUT2D eigenvalue weighted by Crippen LogP contribution is 2.29. The van der Waals surface area contributed by atoms with Gasteiger partial charge in [-0.15, -0.1) is 0 Å². The second kappa shape index (κ2) is 5.77. The molecule has 0 aliphatic heterocycles. The Bertz CT molecular complexity index is 632. The molecule has 0 saturated heterocycles. The Kier molecular flexibility index (Phi) is 4.08. The highest BCUT2D eigenvalue weighted by Gasteiger charge is 2.10. The van der Waals surface area contributed by atoms with Crippen molar-refractivity contribution in [2.24, 2.45) is 0 Å². The van der Waals surface area contributed by atoms with Crippen molar-refractivity contribution < 1.29 is 14.6 Å². The fourth-order valence-corrected chi connectivity index (χ4v) is 2.15. The summed E-state index contributed by atoms with van der Waals surface area (Å²) >= 11 is 0. The second-order valence-corrected chi connectivity index (χ2v) is 4.81. The zero-order chi connectivity index (χ0) is 14.7. The fourth-order valence-electron chi connectivity index (χ4n) is 2.15. The Morgan fingerprint density at radius 2 is 2.05 bits per heavy atom. The number of nitrogens with one attached hydrogen (secondary N) is 1. The van der Waals surface area contributed by atoms with Crippen molar-refractivity contribution in [2.75, 3.05) is 7.11 Å². The monoisotopic (exact) mass is 274 g/mol. The summed E-state index contributed by atoms with van der Waals surface area (Å²) in [6, 6.07) is 5.92. The maximum atomic E-state index is 10.6. The molecule has 2 N–H and O–H groups in total. The van der Waals surface area contributed by atoms with Gasteiger partial charge in [-0.1, -0.05) is 0 Å². The molecule has 20 heavy (non-hydrogen) atoms. The highest BCUT2D eigenvalue weighted by molar-refractivity contribution is 5.68. The summed E-state index contributed by atoms with van der Waals surface area (Å²) in [5.41, 5.74) is 4.80. The third-order valence-corrected chi connectivity index (χ3v) is 3.26. The van der Waals surface area contributed by atoms with E-state index in [0.29, 0.717) is 6.42 Å². The van der Waals surface area contributed by atoms with Crippen LogP contribution in [-0.4, -0.2) is 28.4 Å². The van der Waals surface area contributed by atoms with Gasteiger partial charge in [-0.05, 0) is 49.6 Å². The fraction of sp³-hybridized carbons (Fsp3) is 0.333. The average molecular weight is 274 g/mol. The summed E-state index contributed by atoms with van der Waals surface area (Å²) in [7, 11) is 1.65. The minimum absolute atomic E-state index is 0.0995. The molecule has 0 amide bonds. The number of nitrogens with zero attached hydrogens (tertiary/aromatic N) is 1. The van der Waals surface area contributed by atoms with E-state index in [2.05, 4.69) is 10.2 Å². The molecule has 0 unspecified atom stereocenters. The lowest BCUT2D eigenvalue weighted by Crippen LogP contribution is -1.97. The summed E-state index contributed by atoms with van der Waals surface area (Å²) in [6.07, 6.45) is 0.554. The van der Waals surface area contributed by atoms with Gasteiger partial charge in [-0.3, -0.25) is 9.89 Å². The standard InChI is InChI=1S/C15H18N2O3/c1-9-7-14(20-3)10(2)6-12(9)13-8-11(16-17-13)4-5-15(18)19/h6-8H,4-5H2,1-3H3,(H,16,17)(H,18,19). The molecule has 0 aliphatic carbocycles. The molecule has 0 bridgehead atoms. The van der Waals surface area contributed by atoms with Crippen LogP contribution in [0.3, 0.4) is 0 Å². The number of aromatic amines is 1. The van der Waals surface area contributed by atoms with Crippen molar-refractivity contribution in [1.82, 2.24) is 10.2 Å². The van der Waals surface area contributed by atoms with Crippen molar-refractivity contribution in [3.63, 3.8) is 0 Å². The molecule has 0 aliphatic rings. The van der Waals surface area contributed by atoms with Crippen LogP contribution in [0.25, 0.3) is 11.3 Å². The van der Waals surface area contributed by atoms with E-state index in [-0.39, 0.29) is 6.42 Å². The number of hydrogen-bond donors (Lipinski definition) is 2. The number of aromatic nitrogens is 2. The van der Waals surface area contributed by atoms with Gasteiger partial charge in [0.25, 0.3) is 0 Å². The average Bonchev–Trinajstić information content (AvgIpc) is 2.87. The first kappa shape index (κ1) is 14.1. The number of hydrogen-bond acceptors (Lipinski definition) is 3. The molecule has 5 heteroatoms. The third-order valence-electron chi connectivity index (χ3n) is 3.26. The summed E-state index contributed by atoms with van der Waals surface area (Å²) in [6.45, 7) is 3.99. The smallest absolute Gasteiger partial charge is 0.303 e. The first-order chi connectivity index (χ1) is 9.51. The van der Waals surface area contributed by atoms with Gasteiger partial charge in [0.2, 0.25) is 0 Å². The second-order valence-electron chi connectivity index (χ2n) is 4.81. The number of carboxylic acid groups (broad SMARTS) is 1. The van der Waals surface area contributed by atoms with E-state index in [1.807, 2.05) is 32.0 Å². The number of aryl methyl sites for hydroxylation is 3. The van der Waals surface area contributed by atoms with Crippen LogP contribution in [0.15, 0.2) is 18.2 Å². The summed E-state index contributed by atoms with van der Waals surface area (Å²) in [4.78, 5) is 10.6. The molecule has 106 valence electrons. The van der Waals surface area contributed by atoms with E-state index in [4.69, 9.17) is 9.84 Å². The lowest BCUT2D eigenvalue weighted by molar-refractivity contribution is -0.136. The number of H-pyrrole nitrogens is 1. The Hall–Kier alpha value is -2.30. The Balaban J connectivity index is 2.28. The zero-order valence-electron chi connectivity index (χ0n) is 11.9. The van der Waals surface area contributed by atoms with Gasteiger partial charge in [-0.25, -0.2) is 0 Å². The van der Waals surface area contributed by atoms with Gasteiger partial charge in [0.05, 0.1) is 19.2 Å². The number of rotatable bonds is 5. The van der Waals surface area contributed by atoms with Crippen LogP contribution in [-0.2, 0) is 11.2 Å². The molecule has 1 heterocycles. The molecular formula is C15H18N2O3. The van der Waals surface area contributed by atoms with Crippen LogP contribution in [0.5, 0.6) is 5.75 Å². The molecule has 5 nitrogen and oxygen atoms in total. The minimum Gasteiger partial charge on any atom is -0.496 e. The number of methoxy groups -OCH3 is 1. The Morgan fingerprint density at radius 3 is 2.70 bits per heavy atom. The number of carboxylic acids is 1. The van der Waals surface area contributed by atoms with Crippen LogP contribution < -0.4 is 4.74 Å². The quantitative estimate of drug-likeness (QED) is 0.879. The van der Waals surface area contributed by atoms with E-state index in [0.717, 1.165) is 33.8 Å². The first-order valence-corrected chi connectivity index (χ1v) is 6.43. The van der Waals surface area contributed by atoms with E-state index in [1.165, 1.54) is 0 Å². The predicted octanol–water partition coefficient (Wildman–Crippen LogP) is 2.72. The van der Waals surface area contributed by atoms with Gasteiger partial charge in [0.1, 0.15) is 5.75 Å². The molecule has 1 aromatic carbocycles. The molecule has 0 radical (unpaired) electrons. The number of aliphatic carboxylic acids is 1. The molecule has 0 atom stereocenters. The summed E-state index contributed by atoms with van der Waals surface area (Å²) < 4.78 is 5.29. The largest absolute Gasteiger partial charge is 0.496 e. The molecule has 2 rings (SSSR count). The number of carbonyl (C=O) groups is 1. The van der Waals surface area contributed by atoms with E-state index in [9.17, 15) is 4.79 Å². The maximum absolute atomic E-state index is 10.6. The highest BCUT2D eigenvalue weighted by atomic mass is 16.5. The van der Waals surface area contributed by atoms with Crippen molar-refractivity contribution in [2.45, 2.75) is 26.7 Å². The molecule has 1 aromatic heterocycles. The summed E-state index contributed by atoms with van der Waals surface area (Å²) in [5.74, 6) is 0.0468. The van der Waals surface area contributed by atoms with Gasteiger partial charge < -0.3 is 9.84 Å². The number of ether oxygens (including phenoxy) is 1. The van der Waals surface area contributed by atoms with Crippen molar-refractivity contribution in [3.8, 4) is 17.0 Å². The van der Waals surface area contributed by atoms with Crippen molar-refractivity contribution in [3.05, 3.63) is 35.0 Å². The predicted molar refractivity (Wildman–Crippen MR) is 76.0 cm³/mol. The lowest BCUT2D eigenvalue weighted by atomic mass is 10.0. The Labute approximate surface area is 117 Å². The van der Waals surface area contributed by atoms with Crippen molar-refractivity contribution in [1.29, 1.82) is 0 Å². The Morgan fingerprint density at radius 1 is 1.30 bits per heavy atom. The summed E-state index contributed by atoms with van der Waals surface area (Å²) in [5, 5.41) is 15.8. The molecule has 0 fully saturated rings.